The number of nitrogens with one attached hydrogen (secondary N) is 1. The maximum atomic E-state index is 13.2. The number of hydrogen-bond acceptors (Lipinski definition) is 5. The van der Waals surface area contributed by atoms with Crippen LogP contribution in [0.15, 0.2) is 59.8 Å². The van der Waals surface area contributed by atoms with Crippen LogP contribution in [0.3, 0.4) is 0 Å². The van der Waals surface area contributed by atoms with E-state index in [1.54, 1.807) is 7.11 Å². The Morgan fingerprint density at radius 2 is 2.00 bits per heavy atom. The average molecular weight is 405 g/mol. The minimum Gasteiger partial charge on any atom is -0.497 e. The van der Waals surface area contributed by atoms with E-state index in [9.17, 15) is 4.79 Å². The Hall–Kier alpha value is -3.28. The van der Waals surface area contributed by atoms with Gasteiger partial charge in [-0.3, -0.25) is 4.57 Å². The molecular weight excluding hydrogens is 378 g/mol. The van der Waals surface area contributed by atoms with Gasteiger partial charge in [-0.1, -0.05) is 44.0 Å². The van der Waals surface area contributed by atoms with Crippen LogP contribution in [0.25, 0.3) is 11.0 Å². The zero-order chi connectivity index (χ0) is 21.1. The predicted octanol–water partition coefficient (Wildman–Crippen LogP) is 5.07. The molecule has 0 fully saturated rings. The molecule has 0 saturated heterocycles. The molecular formula is C24H27N3O3. The number of rotatable bonds is 7. The van der Waals surface area contributed by atoms with E-state index in [1.807, 2.05) is 55.5 Å². The minimum atomic E-state index is -0.359. The van der Waals surface area contributed by atoms with E-state index >= 15 is 0 Å². The number of carbonyl (C=O) groups excluding carboxylic acids is 1. The fourth-order valence-electron chi connectivity index (χ4n) is 3.95. The number of nitrogens with zero attached hydrogens (tertiary/aromatic N) is 2. The fraction of sp³-hybridized carbons (Fsp3) is 0.333. The summed E-state index contributed by atoms with van der Waals surface area (Å²) in [6.07, 6.45) is 2.99. The van der Waals surface area contributed by atoms with Gasteiger partial charge in [-0.2, -0.15) is 0 Å². The van der Waals surface area contributed by atoms with Crippen molar-refractivity contribution in [1.82, 2.24) is 9.55 Å². The van der Waals surface area contributed by atoms with Crippen LogP contribution in [-0.2, 0) is 9.53 Å². The molecule has 1 aliphatic heterocycles. The van der Waals surface area contributed by atoms with Gasteiger partial charge in [-0.05, 0) is 43.2 Å². The van der Waals surface area contributed by atoms with Crippen molar-refractivity contribution < 1.29 is 14.3 Å². The summed E-state index contributed by atoms with van der Waals surface area (Å²) < 4.78 is 13.2. The van der Waals surface area contributed by atoms with Crippen molar-refractivity contribution in [2.24, 2.45) is 0 Å². The van der Waals surface area contributed by atoms with Gasteiger partial charge in [-0.25, -0.2) is 9.78 Å². The number of imidazole rings is 1. The molecule has 1 aliphatic rings. The molecule has 156 valence electrons. The smallest absolute Gasteiger partial charge is 0.338 e. The van der Waals surface area contributed by atoms with Crippen molar-refractivity contribution in [3.05, 3.63) is 65.4 Å². The second kappa shape index (κ2) is 8.61. The number of aromatic nitrogens is 2. The molecule has 1 aromatic heterocycles. The highest BCUT2D eigenvalue weighted by Gasteiger charge is 2.35. The summed E-state index contributed by atoms with van der Waals surface area (Å²) in [5.74, 6) is 1.15. The molecule has 0 spiro atoms. The molecule has 4 rings (SSSR count). The van der Waals surface area contributed by atoms with E-state index in [1.165, 1.54) is 0 Å². The fourth-order valence-corrected chi connectivity index (χ4v) is 3.95. The zero-order valence-electron chi connectivity index (χ0n) is 17.6. The largest absolute Gasteiger partial charge is 0.497 e. The number of allylic oxidation sites excluding steroid dienone is 1. The van der Waals surface area contributed by atoms with Crippen molar-refractivity contribution in [3.8, 4) is 5.75 Å². The van der Waals surface area contributed by atoms with Crippen LogP contribution >= 0.6 is 0 Å². The van der Waals surface area contributed by atoms with Crippen LogP contribution in [0.5, 0.6) is 5.75 Å². The molecule has 0 bridgehead atoms. The molecule has 3 aromatic rings. The van der Waals surface area contributed by atoms with Crippen molar-refractivity contribution >= 4 is 23.0 Å². The molecule has 0 radical (unpaired) electrons. The molecule has 1 N–H and O–H groups in total. The number of anilines is 1. The third-order valence-electron chi connectivity index (χ3n) is 5.44. The summed E-state index contributed by atoms with van der Waals surface area (Å²) in [7, 11) is 1.64. The first-order valence-electron chi connectivity index (χ1n) is 10.4. The van der Waals surface area contributed by atoms with Gasteiger partial charge in [0.1, 0.15) is 5.75 Å². The van der Waals surface area contributed by atoms with Gasteiger partial charge in [-0.15, -0.1) is 0 Å². The summed E-state index contributed by atoms with van der Waals surface area (Å²) in [5.41, 5.74) is 4.12. The SMILES string of the molecule is CCCCCOC(=O)C1=C(C)Nc2nc3ccccc3n2[C@@H]1c1cccc(OC)c1. The van der Waals surface area contributed by atoms with Gasteiger partial charge in [0, 0.05) is 5.70 Å². The highest BCUT2D eigenvalue weighted by atomic mass is 16.5. The van der Waals surface area contributed by atoms with E-state index in [2.05, 4.69) is 16.8 Å². The maximum Gasteiger partial charge on any atom is 0.338 e. The topological polar surface area (TPSA) is 65.4 Å². The average Bonchev–Trinajstić information content (AvgIpc) is 3.13. The second-order valence-corrected chi connectivity index (χ2v) is 7.48. The molecule has 6 nitrogen and oxygen atoms in total. The third-order valence-corrected chi connectivity index (χ3v) is 5.44. The number of methoxy groups -OCH3 is 1. The van der Waals surface area contributed by atoms with Gasteiger partial charge < -0.3 is 14.8 Å². The quantitative estimate of drug-likeness (QED) is 0.439. The highest BCUT2D eigenvalue weighted by molar-refractivity contribution is 5.94. The van der Waals surface area contributed by atoms with Crippen LogP contribution in [0.4, 0.5) is 5.95 Å². The van der Waals surface area contributed by atoms with E-state index in [-0.39, 0.29) is 12.0 Å². The molecule has 2 heterocycles. The van der Waals surface area contributed by atoms with Crippen LogP contribution in [0.1, 0.15) is 44.7 Å². The van der Waals surface area contributed by atoms with Crippen molar-refractivity contribution in [2.45, 2.75) is 39.2 Å². The van der Waals surface area contributed by atoms with E-state index in [4.69, 9.17) is 14.5 Å². The van der Waals surface area contributed by atoms with Crippen LogP contribution < -0.4 is 10.1 Å². The van der Waals surface area contributed by atoms with Crippen molar-refractivity contribution in [1.29, 1.82) is 0 Å². The lowest BCUT2D eigenvalue weighted by Crippen LogP contribution is -2.29. The Labute approximate surface area is 176 Å². The van der Waals surface area contributed by atoms with Gasteiger partial charge in [0.15, 0.2) is 0 Å². The third kappa shape index (κ3) is 3.65. The monoisotopic (exact) mass is 405 g/mol. The number of ether oxygens (including phenoxy) is 2. The molecule has 0 saturated carbocycles. The first-order valence-corrected chi connectivity index (χ1v) is 10.4. The summed E-state index contributed by atoms with van der Waals surface area (Å²) >= 11 is 0. The zero-order valence-corrected chi connectivity index (χ0v) is 17.6. The number of fused-ring (bicyclic) bond motifs is 3. The Kier molecular flexibility index (Phi) is 5.74. The van der Waals surface area contributed by atoms with Gasteiger partial charge in [0.25, 0.3) is 0 Å². The molecule has 0 amide bonds. The second-order valence-electron chi connectivity index (χ2n) is 7.48. The summed E-state index contributed by atoms with van der Waals surface area (Å²) in [6.45, 7) is 4.45. The van der Waals surface area contributed by atoms with Gasteiger partial charge >= 0.3 is 5.97 Å². The molecule has 1 atom stereocenters. The number of unbranched alkanes of at least 4 members (excludes halogenated alkanes) is 2. The van der Waals surface area contributed by atoms with Crippen molar-refractivity contribution in [3.63, 3.8) is 0 Å². The number of benzene rings is 2. The maximum absolute atomic E-state index is 13.2. The Morgan fingerprint density at radius 3 is 2.80 bits per heavy atom. The first kappa shape index (κ1) is 20.0. The summed E-state index contributed by atoms with van der Waals surface area (Å²) in [6, 6.07) is 15.4. The van der Waals surface area contributed by atoms with E-state index in [0.717, 1.165) is 47.3 Å². The predicted molar refractivity (Wildman–Crippen MR) is 118 cm³/mol. The number of carbonyl (C=O) groups is 1. The van der Waals surface area contributed by atoms with Gasteiger partial charge in [0.05, 0.1) is 36.4 Å². The van der Waals surface area contributed by atoms with Gasteiger partial charge in [0.2, 0.25) is 5.95 Å². The van der Waals surface area contributed by atoms with Crippen LogP contribution in [0, 0.1) is 0 Å². The Balaban J connectivity index is 1.82. The van der Waals surface area contributed by atoms with Crippen LogP contribution in [-0.4, -0.2) is 29.2 Å². The Morgan fingerprint density at radius 1 is 1.17 bits per heavy atom. The molecule has 30 heavy (non-hydrogen) atoms. The standard InChI is InChI=1S/C24H27N3O3/c1-4-5-8-14-30-23(28)21-16(2)25-24-26-19-12-6-7-13-20(19)27(24)22(21)17-10-9-11-18(15-17)29-3/h6-7,9-13,15,22H,4-5,8,14H2,1-3H3,(H,25,26)/t22-/m1/s1. The van der Waals surface area contributed by atoms with Crippen LogP contribution in [0.2, 0.25) is 0 Å². The summed E-state index contributed by atoms with van der Waals surface area (Å²) in [4.78, 5) is 17.9. The molecule has 0 aliphatic carbocycles. The lowest BCUT2D eigenvalue weighted by molar-refractivity contribution is -0.139. The Bertz CT molecular complexity index is 1100. The molecule has 6 heteroatoms. The minimum absolute atomic E-state index is 0.299. The highest BCUT2D eigenvalue weighted by Crippen LogP contribution is 2.40. The lowest BCUT2D eigenvalue weighted by Gasteiger charge is -2.30. The first-order chi connectivity index (χ1) is 14.6. The van der Waals surface area contributed by atoms with E-state index < -0.39 is 0 Å². The molecule has 0 unspecified atom stereocenters. The number of para-hydroxylation sites is 2. The van der Waals surface area contributed by atoms with Crippen molar-refractivity contribution in [2.75, 3.05) is 19.0 Å². The lowest BCUT2D eigenvalue weighted by atomic mass is 9.95. The normalized spacial score (nSPS) is 15.6. The summed E-state index contributed by atoms with van der Waals surface area (Å²) in [5, 5.41) is 3.31. The van der Waals surface area contributed by atoms with E-state index in [0.29, 0.717) is 18.1 Å². The molecule has 2 aromatic carbocycles. The number of esters is 1. The number of hydrogen-bond donors (Lipinski definition) is 1.